The first-order chi connectivity index (χ1) is 22.0. The van der Waals surface area contributed by atoms with Gasteiger partial charge in [0.15, 0.2) is 0 Å². The second-order valence-electron chi connectivity index (χ2n) is 14.2. The summed E-state index contributed by atoms with van der Waals surface area (Å²) in [5.74, 6) is 0.0670. The maximum absolute atomic E-state index is 12.4. The van der Waals surface area contributed by atoms with Crippen molar-refractivity contribution in [1.29, 1.82) is 0 Å². The molecule has 0 aliphatic carbocycles. The highest BCUT2D eigenvalue weighted by Crippen LogP contribution is 2.48. The lowest BCUT2D eigenvalue weighted by atomic mass is 10.0. The predicted octanol–water partition coefficient (Wildman–Crippen LogP) is 11.9. The van der Waals surface area contributed by atoms with Crippen LogP contribution in [0.25, 0.3) is 0 Å². The normalized spacial score (nSPS) is 20.3. The minimum atomic E-state index is -0.110. The molecule has 4 nitrogen and oxygen atoms in total. The summed E-state index contributed by atoms with van der Waals surface area (Å²) >= 11 is 4.43. The first kappa shape index (κ1) is 40.8. The van der Waals surface area contributed by atoms with Gasteiger partial charge in [0.05, 0.1) is 6.54 Å². The van der Waals surface area contributed by atoms with Crippen molar-refractivity contribution in [2.45, 2.75) is 215 Å². The van der Waals surface area contributed by atoms with Crippen LogP contribution in [0.4, 0.5) is 0 Å². The van der Waals surface area contributed by atoms with Gasteiger partial charge >= 0.3 is 5.97 Å². The van der Waals surface area contributed by atoms with Gasteiger partial charge < -0.3 is 9.64 Å². The molecule has 1 amide bonds. The number of rotatable bonds is 33. The molecule has 4 atom stereocenters. The number of unbranched alkanes of at least 4 members (excludes halogenated alkanes) is 18. The Labute approximate surface area is 288 Å². The van der Waals surface area contributed by atoms with Crippen molar-refractivity contribution in [1.82, 2.24) is 4.90 Å². The number of likely N-dealkylation sites (N-methyl/N-ethyl adjacent to an activating group) is 1. The van der Waals surface area contributed by atoms with Gasteiger partial charge in [0.25, 0.3) is 0 Å². The first-order valence-corrected chi connectivity index (χ1v) is 21.6. The Bertz CT molecular complexity index is 735. The van der Waals surface area contributed by atoms with Crippen molar-refractivity contribution in [3.63, 3.8) is 0 Å². The number of thioether (sulfide) groups is 2. The number of carbonyl (C=O) groups excluding carboxylic acids is 2. The van der Waals surface area contributed by atoms with Gasteiger partial charge in [-0.15, -0.1) is 0 Å². The minimum Gasteiger partial charge on any atom is -0.464 e. The summed E-state index contributed by atoms with van der Waals surface area (Å²) in [6, 6.07) is 0. The van der Waals surface area contributed by atoms with Crippen LogP contribution in [0.2, 0.25) is 0 Å². The Morgan fingerprint density at radius 2 is 0.867 bits per heavy atom. The van der Waals surface area contributed by atoms with Crippen molar-refractivity contribution >= 4 is 35.4 Å². The SMILES string of the molecule is CCCCCCCCC1SC1CCCCCCCC(=O)OCCN(C)C(=O)CCCCCCCC1SC1CCCCCCCC. The zero-order valence-electron chi connectivity index (χ0n) is 30.0. The standard InChI is InChI=1S/C39H73NO3S2/c1-4-6-8-10-14-20-26-34-36(44-34)28-22-16-12-18-24-30-38(41)40(3)32-33-43-39(42)31-25-19-13-17-23-29-37-35(45-37)27-21-15-11-9-7-5-2/h34-37H,4-33H2,1-3H3. The van der Waals surface area contributed by atoms with Gasteiger partial charge in [0.1, 0.15) is 6.61 Å². The molecule has 0 aromatic heterocycles. The number of hydrogen-bond acceptors (Lipinski definition) is 5. The minimum absolute atomic E-state index is 0.110. The summed E-state index contributed by atoms with van der Waals surface area (Å²) in [4.78, 5) is 26.3. The van der Waals surface area contributed by atoms with Crippen molar-refractivity contribution in [3.8, 4) is 0 Å². The van der Waals surface area contributed by atoms with Crippen LogP contribution in [0.1, 0.15) is 194 Å². The Kier molecular flexibility index (Phi) is 25.0. The molecule has 0 aromatic carbocycles. The van der Waals surface area contributed by atoms with E-state index in [0.29, 0.717) is 26.0 Å². The highest BCUT2D eigenvalue weighted by Gasteiger charge is 2.37. The van der Waals surface area contributed by atoms with Gasteiger partial charge in [0, 0.05) is 40.9 Å². The van der Waals surface area contributed by atoms with E-state index in [2.05, 4.69) is 37.4 Å². The summed E-state index contributed by atoms with van der Waals surface area (Å²) in [6.45, 7) is 5.39. The lowest BCUT2D eigenvalue weighted by Gasteiger charge is -2.17. The number of ether oxygens (including phenoxy) is 1. The largest absolute Gasteiger partial charge is 0.464 e. The average molecular weight is 668 g/mol. The molecule has 2 fully saturated rings. The van der Waals surface area contributed by atoms with Crippen LogP contribution in [0.15, 0.2) is 0 Å². The van der Waals surface area contributed by atoms with Gasteiger partial charge in [-0.1, -0.05) is 142 Å². The van der Waals surface area contributed by atoms with Crippen LogP contribution in [0.5, 0.6) is 0 Å². The van der Waals surface area contributed by atoms with E-state index in [9.17, 15) is 9.59 Å². The third kappa shape index (κ3) is 22.8. The van der Waals surface area contributed by atoms with E-state index >= 15 is 0 Å². The van der Waals surface area contributed by atoms with E-state index in [0.717, 1.165) is 46.7 Å². The second kappa shape index (κ2) is 27.6. The molecule has 4 unspecified atom stereocenters. The van der Waals surface area contributed by atoms with Gasteiger partial charge in [-0.25, -0.2) is 0 Å². The van der Waals surface area contributed by atoms with Crippen molar-refractivity contribution < 1.29 is 14.3 Å². The van der Waals surface area contributed by atoms with Gasteiger partial charge in [-0.2, -0.15) is 23.5 Å². The molecule has 2 rings (SSSR count). The molecule has 45 heavy (non-hydrogen) atoms. The van der Waals surface area contributed by atoms with Gasteiger partial charge in [0.2, 0.25) is 5.91 Å². The number of nitrogens with zero attached hydrogens (tertiary/aromatic N) is 1. The Morgan fingerprint density at radius 3 is 1.29 bits per heavy atom. The maximum atomic E-state index is 12.4. The summed E-state index contributed by atoms with van der Waals surface area (Å²) in [7, 11) is 1.84. The summed E-state index contributed by atoms with van der Waals surface area (Å²) in [6.07, 6.45) is 35.6. The summed E-state index contributed by atoms with van der Waals surface area (Å²) in [5.41, 5.74) is 0. The van der Waals surface area contributed by atoms with Crippen molar-refractivity contribution in [2.75, 3.05) is 20.2 Å². The lowest BCUT2D eigenvalue weighted by molar-refractivity contribution is -0.145. The van der Waals surface area contributed by atoms with Crippen LogP contribution >= 0.6 is 23.5 Å². The van der Waals surface area contributed by atoms with Gasteiger partial charge in [-0.05, 0) is 38.5 Å². The topological polar surface area (TPSA) is 46.6 Å². The van der Waals surface area contributed by atoms with E-state index in [1.54, 1.807) is 4.90 Å². The second-order valence-corrected chi connectivity index (χ2v) is 17.2. The zero-order chi connectivity index (χ0) is 32.4. The smallest absolute Gasteiger partial charge is 0.305 e. The van der Waals surface area contributed by atoms with E-state index in [1.165, 1.54) is 141 Å². The van der Waals surface area contributed by atoms with Crippen molar-refractivity contribution in [2.24, 2.45) is 0 Å². The highest BCUT2D eigenvalue weighted by atomic mass is 32.2. The van der Waals surface area contributed by atoms with Crippen LogP contribution in [-0.2, 0) is 14.3 Å². The molecular formula is C39H73NO3S2. The molecule has 2 saturated heterocycles. The van der Waals surface area contributed by atoms with Crippen LogP contribution in [0, 0.1) is 0 Å². The van der Waals surface area contributed by atoms with Gasteiger partial charge in [-0.3, -0.25) is 9.59 Å². The molecule has 6 heteroatoms. The molecule has 264 valence electrons. The molecule has 2 aliphatic rings. The molecule has 2 aliphatic heterocycles. The van der Waals surface area contributed by atoms with E-state index in [4.69, 9.17) is 4.74 Å². The third-order valence-corrected chi connectivity index (χ3v) is 13.0. The Balaban J connectivity index is 1.28. The maximum Gasteiger partial charge on any atom is 0.305 e. The number of hydrogen-bond donors (Lipinski definition) is 0. The Morgan fingerprint density at radius 1 is 0.511 bits per heavy atom. The lowest BCUT2D eigenvalue weighted by Crippen LogP contribution is -2.30. The number of esters is 1. The number of amides is 1. The molecule has 0 radical (unpaired) electrons. The molecule has 0 spiro atoms. The molecule has 0 N–H and O–H groups in total. The summed E-state index contributed by atoms with van der Waals surface area (Å²) < 4.78 is 5.41. The highest BCUT2D eigenvalue weighted by molar-refractivity contribution is 8.07. The average Bonchev–Trinajstić information content (AvgIpc) is 3.96. The quantitative estimate of drug-likeness (QED) is 0.0396. The fourth-order valence-corrected chi connectivity index (χ4v) is 9.08. The Hall–Kier alpha value is -0.360. The first-order valence-electron chi connectivity index (χ1n) is 19.8. The summed E-state index contributed by atoms with van der Waals surface area (Å²) in [5, 5.41) is 3.80. The van der Waals surface area contributed by atoms with E-state index < -0.39 is 0 Å². The predicted molar refractivity (Wildman–Crippen MR) is 200 cm³/mol. The fraction of sp³-hybridized carbons (Fsp3) is 0.949. The molecule has 2 heterocycles. The molecule has 0 bridgehead atoms. The van der Waals surface area contributed by atoms with Crippen LogP contribution in [0.3, 0.4) is 0 Å². The molecule has 0 aromatic rings. The zero-order valence-corrected chi connectivity index (χ0v) is 31.6. The van der Waals surface area contributed by atoms with Crippen LogP contribution < -0.4 is 0 Å². The van der Waals surface area contributed by atoms with E-state index in [1.807, 2.05) is 7.05 Å². The monoisotopic (exact) mass is 668 g/mol. The molecule has 0 saturated carbocycles. The molecular weight excluding hydrogens is 595 g/mol. The van der Waals surface area contributed by atoms with Crippen molar-refractivity contribution in [3.05, 3.63) is 0 Å². The fourth-order valence-electron chi connectivity index (χ4n) is 6.61. The van der Waals surface area contributed by atoms with E-state index in [-0.39, 0.29) is 11.9 Å². The van der Waals surface area contributed by atoms with Crippen LogP contribution in [-0.4, -0.2) is 58.0 Å². The number of carbonyl (C=O) groups is 2. The third-order valence-electron chi connectivity index (χ3n) is 9.92.